The second kappa shape index (κ2) is 6.53. The molecule has 0 aliphatic rings. The molecule has 0 spiro atoms. The van der Waals surface area contributed by atoms with Gasteiger partial charge >= 0.3 is 0 Å². The van der Waals surface area contributed by atoms with Crippen molar-refractivity contribution in [3.63, 3.8) is 0 Å². The fourth-order valence-electron chi connectivity index (χ4n) is 2.12. The van der Waals surface area contributed by atoms with Crippen molar-refractivity contribution in [3.8, 4) is 0 Å². The molecular formula is C16H21NO. The van der Waals surface area contributed by atoms with Crippen LogP contribution in [0.5, 0.6) is 0 Å². The number of aliphatic hydroxyl groups is 1. The predicted molar refractivity (Wildman–Crippen MR) is 76.7 cm³/mol. The first-order valence-electron chi connectivity index (χ1n) is 6.60. The first kappa shape index (κ1) is 13.1. The molecule has 2 heteroatoms. The molecule has 0 saturated heterocycles. The van der Waals surface area contributed by atoms with E-state index in [9.17, 15) is 0 Å². The molecule has 0 saturated carbocycles. The average molecular weight is 243 g/mol. The van der Waals surface area contributed by atoms with Crippen LogP contribution in [-0.2, 0) is 6.54 Å². The van der Waals surface area contributed by atoms with E-state index in [1.165, 1.54) is 21.9 Å². The summed E-state index contributed by atoms with van der Waals surface area (Å²) in [5.41, 5.74) is 2.62. The summed E-state index contributed by atoms with van der Waals surface area (Å²) in [7, 11) is 0. The lowest BCUT2D eigenvalue weighted by atomic mass is 10.0. The maximum absolute atomic E-state index is 8.70. The SMILES string of the molecule is Cc1ccc2cc(CNCCCCO)ccc2c1. The van der Waals surface area contributed by atoms with E-state index in [0.29, 0.717) is 0 Å². The third kappa shape index (κ3) is 3.56. The number of aliphatic hydroxyl groups excluding tert-OH is 1. The zero-order valence-corrected chi connectivity index (χ0v) is 10.9. The smallest absolute Gasteiger partial charge is 0.0431 e. The fourth-order valence-corrected chi connectivity index (χ4v) is 2.12. The molecular weight excluding hydrogens is 222 g/mol. The van der Waals surface area contributed by atoms with Crippen LogP contribution in [0.15, 0.2) is 36.4 Å². The number of aryl methyl sites for hydroxylation is 1. The van der Waals surface area contributed by atoms with E-state index in [0.717, 1.165) is 25.9 Å². The molecule has 96 valence electrons. The maximum Gasteiger partial charge on any atom is 0.0431 e. The quantitative estimate of drug-likeness (QED) is 0.764. The lowest BCUT2D eigenvalue weighted by molar-refractivity contribution is 0.283. The highest BCUT2D eigenvalue weighted by atomic mass is 16.2. The molecule has 0 bridgehead atoms. The van der Waals surface area contributed by atoms with Crippen LogP contribution in [0.25, 0.3) is 10.8 Å². The van der Waals surface area contributed by atoms with Gasteiger partial charge < -0.3 is 10.4 Å². The van der Waals surface area contributed by atoms with Crippen molar-refractivity contribution in [1.29, 1.82) is 0 Å². The van der Waals surface area contributed by atoms with E-state index in [1.807, 2.05) is 0 Å². The largest absolute Gasteiger partial charge is 0.396 e. The molecule has 18 heavy (non-hydrogen) atoms. The highest BCUT2D eigenvalue weighted by molar-refractivity contribution is 5.83. The minimum absolute atomic E-state index is 0.289. The normalized spacial score (nSPS) is 11.0. The lowest BCUT2D eigenvalue weighted by Gasteiger charge is -2.06. The van der Waals surface area contributed by atoms with Crippen molar-refractivity contribution in [3.05, 3.63) is 47.5 Å². The van der Waals surface area contributed by atoms with Crippen LogP contribution in [-0.4, -0.2) is 18.3 Å². The van der Waals surface area contributed by atoms with Gasteiger partial charge in [-0.05, 0) is 48.7 Å². The molecule has 0 unspecified atom stereocenters. The zero-order valence-electron chi connectivity index (χ0n) is 10.9. The van der Waals surface area contributed by atoms with Crippen molar-refractivity contribution in [2.75, 3.05) is 13.2 Å². The van der Waals surface area contributed by atoms with E-state index in [4.69, 9.17) is 5.11 Å². The highest BCUT2D eigenvalue weighted by Gasteiger charge is 1.97. The number of nitrogens with one attached hydrogen (secondary N) is 1. The van der Waals surface area contributed by atoms with Gasteiger partial charge in [-0.2, -0.15) is 0 Å². The molecule has 0 amide bonds. The lowest BCUT2D eigenvalue weighted by Crippen LogP contribution is -2.14. The summed E-state index contributed by atoms with van der Waals surface area (Å²) in [6.07, 6.45) is 1.91. The molecule has 0 atom stereocenters. The third-order valence-electron chi connectivity index (χ3n) is 3.15. The Balaban J connectivity index is 1.95. The van der Waals surface area contributed by atoms with Gasteiger partial charge in [0.25, 0.3) is 0 Å². The summed E-state index contributed by atoms with van der Waals surface area (Å²) < 4.78 is 0. The molecule has 0 fully saturated rings. The molecule has 0 radical (unpaired) electrons. The van der Waals surface area contributed by atoms with Gasteiger partial charge in [0, 0.05) is 13.2 Å². The van der Waals surface area contributed by atoms with Crippen LogP contribution in [0.3, 0.4) is 0 Å². The second-order valence-electron chi connectivity index (χ2n) is 4.79. The number of hydrogen-bond donors (Lipinski definition) is 2. The van der Waals surface area contributed by atoms with Gasteiger partial charge in [-0.1, -0.05) is 35.9 Å². The molecule has 0 aliphatic carbocycles. The van der Waals surface area contributed by atoms with Crippen molar-refractivity contribution in [1.82, 2.24) is 5.32 Å². The van der Waals surface area contributed by atoms with Gasteiger partial charge in [0.05, 0.1) is 0 Å². The Morgan fingerprint density at radius 2 is 1.78 bits per heavy atom. The van der Waals surface area contributed by atoms with Crippen LogP contribution in [0.1, 0.15) is 24.0 Å². The topological polar surface area (TPSA) is 32.3 Å². The maximum atomic E-state index is 8.70. The minimum Gasteiger partial charge on any atom is -0.396 e. The Bertz CT molecular complexity index is 507. The molecule has 2 rings (SSSR count). The summed E-state index contributed by atoms with van der Waals surface area (Å²) in [6.45, 7) is 4.27. The molecule has 2 N–H and O–H groups in total. The standard InChI is InChI=1S/C16H21NO/c1-13-4-6-16-11-14(5-7-15(16)10-13)12-17-8-2-3-9-18/h4-7,10-11,17-18H,2-3,8-9,12H2,1H3. The van der Waals surface area contributed by atoms with Crippen molar-refractivity contribution in [2.45, 2.75) is 26.3 Å². The molecule has 2 aromatic carbocycles. The van der Waals surface area contributed by atoms with Crippen molar-refractivity contribution >= 4 is 10.8 Å². The van der Waals surface area contributed by atoms with Crippen LogP contribution >= 0.6 is 0 Å². The Labute approximate surface area is 109 Å². The highest BCUT2D eigenvalue weighted by Crippen LogP contribution is 2.17. The van der Waals surface area contributed by atoms with Crippen LogP contribution in [0.2, 0.25) is 0 Å². The van der Waals surface area contributed by atoms with E-state index >= 15 is 0 Å². The number of fused-ring (bicyclic) bond motifs is 1. The number of rotatable bonds is 6. The molecule has 2 aromatic rings. The zero-order chi connectivity index (χ0) is 12.8. The number of benzene rings is 2. The van der Waals surface area contributed by atoms with Gasteiger partial charge in [0.15, 0.2) is 0 Å². The summed E-state index contributed by atoms with van der Waals surface area (Å²) in [6, 6.07) is 13.2. The number of hydrogen-bond acceptors (Lipinski definition) is 2. The van der Waals surface area contributed by atoms with Crippen LogP contribution in [0, 0.1) is 6.92 Å². The average Bonchev–Trinajstić information content (AvgIpc) is 2.38. The van der Waals surface area contributed by atoms with Gasteiger partial charge in [0.1, 0.15) is 0 Å². The summed E-state index contributed by atoms with van der Waals surface area (Å²) in [4.78, 5) is 0. The Morgan fingerprint density at radius 1 is 1.00 bits per heavy atom. The Morgan fingerprint density at radius 3 is 2.61 bits per heavy atom. The van der Waals surface area contributed by atoms with E-state index < -0.39 is 0 Å². The first-order valence-corrected chi connectivity index (χ1v) is 6.60. The first-order chi connectivity index (χ1) is 8.79. The Kier molecular flexibility index (Phi) is 4.73. The summed E-state index contributed by atoms with van der Waals surface area (Å²) >= 11 is 0. The van der Waals surface area contributed by atoms with E-state index in [-0.39, 0.29) is 6.61 Å². The number of unbranched alkanes of at least 4 members (excludes halogenated alkanes) is 1. The van der Waals surface area contributed by atoms with Crippen LogP contribution in [0.4, 0.5) is 0 Å². The van der Waals surface area contributed by atoms with Gasteiger partial charge in [-0.3, -0.25) is 0 Å². The summed E-state index contributed by atoms with van der Waals surface area (Å²) in [5, 5.41) is 14.7. The Hall–Kier alpha value is -1.38. The van der Waals surface area contributed by atoms with Crippen molar-refractivity contribution < 1.29 is 5.11 Å². The van der Waals surface area contributed by atoms with Gasteiger partial charge in [-0.15, -0.1) is 0 Å². The van der Waals surface area contributed by atoms with E-state index in [2.05, 4.69) is 48.6 Å². The van der Waals surface area contributed by atoms with Crippen molar-refractivity contribution in [2.24, 2.45) is 0 Å². The molecule has 0 heterocycles. The fraction of sp³-hybridized carbons (Fsp3) is 0.375. The second-order valence-corrected chi connectivity index (χ2v) is 4.79. The third-order valence-corrected chi connectivity index (χ3v) is 3.15. The summed E-state index contributed by atoms with van der Waals surface area (Å²) in [5.74, 6) is 0. The van der Waals surface area contributed by atoms with Gasteiger partial charge in [0.2, 0.25) is 0 Å². The monoisotopic (exact) mass is 243 g/mol. The molecule has 0 aliphatic heterocycles. The predicted octanol–water partition coefficient (Wildman–Crippen LogP) is 3.01. The van der Waals surface area contributed by atoms with E-state index in [1.54, 1.807) is 0 Å². The minimum atomic E-state index is 0.289. The molecule has 2 nitrogen and oxygen atoms in total. The molecule has 0 aromatic heterocycles. The van der Waals surface area contributed by atoms with Crippen LogP contribution < -0.4 is 5.32 Å². The van der Waals surface area contributed by atoms with Gasteiger partial charge in [-0.25, -0.2) is 0 Å².